The summed E-state index contributed by atoms with van der Waals surface area (Å²) in [6.45, 7) is 5.62. The van der Waals surface area contributed by atoms with Crippen LogP contribution in [0.2, 0.25) is 0 Å². The normalized spacial score (nSPS) is 15.0. The predicted molar refractivity (Wildman–Crippen MR) is 140 cm³/mol. The first kappa shape index (κ1) is 26.7. The van der Waals surface area contributed by atoms with Crippen LogP contribution in [-0.4, -0.2) is 50.0 Å². The van der Waals surface area contributed by atoms with Crippen molar-refractivity contribution in [2.24, 2.45) is 0 Å². The maximum Gasteiger partial charge on any atom is 0.244 e. The van der Waals surface area contributed by atoms with Crippen LogP contribution >= 0.6 is 0 Å². The molecule has 0 spiro atoms. The molecule has 35 heavy (non-hydrogen) atoms. The van der Waals surface area contributed by atoms with Crippen molar-refractivity contribution in [2.45, 2.75) is 71.5 Å². The van der Waals surface area contributed by atoms with Crippen molar-refractivity contribution in [3.05, 3.63) is 65.2 Å². The highest BCUT2D eigenvalue weighted by Crippen LogP contribution is 2.22. The highest BCUT2D eigenvalue weighted by atomic mass is 32.2. The summed E-state index contributed by atoms with van der Waals surface area (Å²) in [6, 6.07) is 14.2. The molecule has 1 aliphatic rings. The van der Waals surface area contributed by atoms with E-state index < -0.39 is 22.0 Å². The Balaban J connectivity index is 1.92. The van der Waals surface area contributed by atoms with Crippen LogP contribution in [-0.2, 0) is 26.2 Å². The van der Waals surface area contributed by atoms with Gasteiger partial charge >= 0.3 is 0 Å². The maximum absolute atomic E-state index is 13.7. The van der Waals surface area contributed by atoms with Crippen LogP contribution in [0.5, 0.6) is 0 Å². The summed E-state index contributed by atoms with van der Waals surface area (Å²) in [6.07, 6.45) is 5.60. The van der Waals surface area contributed by atoms with Crippen LogP contribution in [0.3, 0.4) is 0 Å². The van der Waals surface area contributed by atoms with E-state index in [4.69, 9.17) is 0 Å². The minimum Gasteiger partial charge on any atom is -0.352 e. The van der Waals surface area contributed by atoms with E-state index in [9.17, 15) is 18.0 Å². The molecule has 8 heteroatoms. The Morgan fingerprint density at radius 1 is 1.03 bits per heavy atom. The topological polar surface area (TPSA) is 86.8 Å². The smallest absolute Gasteiger partial charge is 0.244 e. The predicted octanol–water partition coefficient (Wildman–Crippen LogP) is 3.94. The summed E-state index contributed by atoms with van der Waals surface area (Å²) in [5.41, 5.74) is 3.35. The van der Waals surface area contributed by atoms with Gasteiger partial charge in [-0.3, -0.25) is 13.9 Å². The third-order valence-electron chi connectivity index (χ3n) is 6.69. The van der Waals surface area contributed by atoms with Crippen LogP contribution in [0.25, 0.3) is 0 Å². The lowest BCUT2D eigenvalue weighted by Crippen LogP contribution is -2.53. The van der Waals surface area contributed by atoms with Crippen molar-refractivity contribution in [1.29, 1.82) is 0 Å². The van der Waals surface area contributed by atoms with Gasteiger partial charge in [0, 0.05) is 12.6 Å². The average molecular weight is 500 g/mol. The summed E-state index contributed by atoms with van der Waals surface area (Å²) in [7, 11) is -3.73. The average Bonchev–Trinajstić information content (AvgIpc) is 3.31. The maximum atomic E-state index is 13.7. The van der Waals surface area contributed by atoms with Gasteiger partial charge in [0.15, 0.2) is 0 Å². The Morgan fingerprint density at radius 2 is 1.66 bits per heavy atom. The number of rotatable bonds is 10. The highest BCUT2D eigenvalue weighted by molar-refractivity contribution is 7.92. The Bertz CT molecular complexity index is 1130. The zero-order chi connectivity index (χ0) is 25.6. The molecule has 2 aromatic rings. The zero-order valence-electron chi connectivity index (χ0n) is 21.2. The summed E-state index contributed by atoms with van der Waals surface area (Å²) in [5.74, 6) is -0.588. The fraction of sp³-hybridized carbons (Fsp3) is 0.481. The lowest BCUT2D eigenvalue weighted by atomic mass is 10.1. The molecule has 1 aliphatic carbocycles. The molecule has 1 N–H and O–H groups in total. The second-order valence-electron chi connectivity index (χ2n) is 9.47. The molecule has 0 saturated heterocycles. The van der Waals surface area contributed by atoms with Crippen LogP contribution in [0.4, 0.5) is 5.69 Å². The molecule has 0 radical (unpaired) electrons. The van der Waals surface area contributed by atoms with E-state index in [0.717, 1.165) is 52.9 Å². The number of sulfonamides is 1. The van der Waals surface area contributed by atoms with Gasteiger partial charge in [0.1, 0.15) is 12.6 Å². The second kappa shape index (κ2) is 11.7. The van der Waals surface area contributed by atoms with Crippen LogP contribution < -0.4 is 9.62 Å². The van der Waals surface area contributed by atoms with Crippen molar-refractivity contribution in [3.8, 4) is 0 Å². The molecular formula is C27H37N3O4S. The van der Waals surface area contributed by atoms with E-state index in [1.165, 1.54) is 0 Å². The van der Waals surface area contributed by atoms with Crippen molar-refractivity contribution in [1.82, 2.24) is 10.2 Å². The van der Waals surface area contributed by atoms with Gasteiger partial charge in [0.05, 0.1) is 11.9 Å². The molecule has 0 aliphatic heterocycles. The third-order valence-corrected chi connectivity index (χ3v) is 7.83. The van der Waals surface area contributed by atoms with E-state index in [1.807, 2.05) is 57.2 Å². The highest BCUT2D eigenvalue weighted by Gasteiger charge is 2.33. The first-order valence-corrected chi connectivity index (χ1v) is 14.1. The molecule has 1 atom stereocenters. The fourth-order valence-corrected chi connectivity index (χ4v) is 5.43. The number of amides is 2. The number of carbonyl (C=O) groups excluding carboxylic acids is 2. The number of carbonyl (C=O) groups is 2. The van der Waals surface area contributed by atoms with Gasteiger partial charge in [-0.15, -0.1) is 0 Å². The number of nitrogens with one attached hydrogen (secondary N) is 1. The van der Waals surface area contributed by atoms with Crippen molar-refractivity contribution >= 4 is 27.5 Å². The van der Waals surface area contributed by atoms with Gasteiger partial charge in [0.25, 0.3) is 0 Å². The quantitative estimate of drug-likeness (QED) is 0.537. The standard InChI is InChI=1S/C27H37N3O4S/c1-5-25(27(32)28-23-12-8-9-13-23)29(18-22-11-7-6-10-21(22)3)26(31)19-30(35(4,33)34)24-16-14-20(2)15-17-24/h6-7,10-11,14-17,23,25H,5,8-9,12-13,18-19H2,1-4H3,(H,28,32)/t25-/m1/s1. The zero-order valence-corrected chi connectivity index (χ0v) is 22.0. The molecule has 0 bridgehead atoms. The molecule has 2 amide bonds. The summed E-state index contributed by atoms with van der Waals surface area (Å²) < 4.78 is 26.4. The Labute approximate surface area is 209 Å². The third kappa shape index (κ3) is 7.07. The molecule has 3 rings (SSSR count). The molecule has 7 nitrogen and oxygen atoms in total. The minimum atomic E-state index is -3.73. The molecule has 190 valence electrons. The molecule has 1 fully saturated rings. The number of aryl methyl sites for hydroxylation is 2. The fourth-order valence-electron chi connectivity index (χ4n) is 4.58. The van der Waals surface area contributed by atoms with E-state index in [0.29, 0.717) is 12.1 Å². The molecule has 0 aromatic heterocycles. The van der Waals surface area contributed by atoms with Crippen molar-refractivity contribution < 1.29 is 18.0 Å². The van der Waals surface area contributed by atoms with E-state index in [2.05, 4.69) is 5.32 Å². The number of nitrogens with zero attached hydrogens (tertiary/aromatic N) is 2. The van der Waals surface area contributed by atoms with Crippen molar-refractivity contribution in [2.75, 3.05) is 17.1 Å². The van der Waals surface area contributed by atoms with E-state index in [-0.39, 0.29) is 25.0 Å². The van der Waals surface area contributed by atoms with Gasteiger partial charge in [-0.05, 0) is 56.4 Å². The van der Waals surface area contributed by atoms with Crippen LogP contribution in [0.1, 0.15) is 55.7 Å². The molecule has 2 aromatic carbocycles. The molecule has 0 heterocycles. The summed E-state index contributed by atoms with van der Waals surface area (Å²) in [5, 5.41) is 3.12. The molecule has 0 unspecified atom stereocenters. The van der Waals surface area contributed by atoms with Crippen LogP contribution in [0.15, 0.2) is 48.5 Å². The van der Waals surface area contributed by atoms with Gasteiger partial charge in [-0.1, -0.05) is 61.7 Å². The first-order chi connectivity index (χ1) is 16.6. The molecular weight excluding hydrogens is 462 g/mol. The van der Waals surface area contributed by atoms with Gasteiger partial charge in [0.2, 0.25) is 21.8 Å². The SMILES string of the molecule is CC[C@H](C(=O)NC1CCCC1)N(Cc1ccccc1C)C(=O)CN(c1ccc(C)cc1)S(C)(=O)=O. The van der Waals surface area contributed by atoms with Gasteiger partial charge < -0.3 is 10.2 Å². The second-order valence-corrected chi connectivity index (χ2v) is 11.4. The first-order valence-electron chi connectivity index (χ1n) is 12.3. The Morgan fingerprint density at radius 3 is 2.23 bits per heavy atom. The number of anilines is 1. The largest absolute Gasteiger partial charge is 0.352 e. The number of benzene rings is 2. The van der Waals surface area contributed by atoms with Gasteiger partial charge in [-0.2, -0.15) is 0 Å². The Hall–Kier alpha value is -2.87. The Kier molecular flexibility index (Phi) is 8.94. The van der Waals surface area contributed by atoms with Crippen LogP contribution in [0, 0.1) is 13.8 Å². The lowest BCUT2D eigenvalue weighted by Gasteiger charge is -2.33. The van der Waals surface area contributed by atoms with E-state index >= 15 is 0 Å². The molecule has 1 saturated carbocycles. The lowest BCUT2D eigenvalue weighted by molar-refractivity contribution is -0.140. The summed E-state index contributed by atoms with van der Waals surface area (Å²) in [4.78, 5) is 28.6. The number of hydrogen-bond donors (Lipinski definition) is 1. The number of hydrogen-bond acceptors (Lipinski definition) is 4. The monoisotopic (exact) mass is 499 g/mol. The van der Waals surface area contributed by atoms with Crippen molar-refractivity contribution in [3.63, 3.8) is 0 Å². The van der Waals surface area contributed by atoms with Gasteiger partial charge in [-0.25, -0.2) is 8.42 Å². The minimum absolute atomic E-state index is 0.132. The van der Waals surface area contributed by atoms with E-state index in [1.54, 1.807) is 17.0 Å². The summed E-state index contributed by atoms with van der Waals surface area (Å²) >= 11 is 0.